The molecule has 0 bridgehead atoms. The van der Waals surface area contributed by atoms with Crippen LogP contribution in [-0.2, 0) is 11.3 Å². The fraction of sp³-hybridized carbons (Fsp3) is 0.467. The van der Waals surface area contributed by atoms with Crippen molar-refractivity contribution in [1.29, 1.82) is 0 Å². The summed E-state index contributed by atoms with van der Waals surface area (Å²) in [6.45, 7) is 5.62. The van der Waals surface area contributed by atoms with E-state index >= 15 is 0 Å². The van der Waals surface area contributed by atoms with E-state index in [9.17, 15) is 4.79 Å². The molecule has 114 valence electrons. The third-order valence-electron chi connectivity index (χ3n) is 3.03. The normalized spacial score (nSPS) is 11.0. The maximum atomic E-state index is 11.7. The van der Waals surface area contributed by atoms with Crippen molar-refractivity contribution in [1.82, 2.24) is 15.2 Å². The van der Waals surface area contributed by atoms with E-state index in [0.717, 1.165) is 29.3 Å². The summed E-state index contributed by atoms with van der Waals surface area (Å²) in [7, 11) is 1.91. The molecule has 2 aromatic heterocycles. The minimum absolute atomic E-state index is 0.0407. The number of nitrogens with one attached hydrogen (secondary N) is 1. The van der Waals surface area contributed by atoms with Crippen LogP contribution in [-0.4, -0.2) is 35.9 Å². The molecule has 0 saturated carbocycles. The Morgan fingerprint density at radius 3 is 3.00 bits per heavy atom. The molecule has 0 unspecified atom stereocenters. The molecule has 0 aliphatic heterocycles. The number of nitrogens with zero attached hydrogens (tertiary/aromatic N) is 2. The minimum atomic E-state index is 0.0407. The summed E-state index contributed by atoms with van der Waals surface area (Å²) >= 11 is 1.60. The Morgan fingerprint density at radius 2 is 2.33 bits per heavy atom. The van der Waals surface area contributed by atoms with Crippen LogP contribution in [0, 0.1) is 6.92 Å². The summed E-state index contributed by atoms with van der Waals surface area (Å²) in [6.07, 6.45) is 0.946. The van der Waals surface area contributed by atoms with Gasteiger partial charge in [-0.1, -0.05) is 13.0 Å². The van der Waals surface area contributed by atoms with Gasteiger partial charge in [0.15, 0.2) is 0 Å². The molecule has 2 aromatic rings. The molecule has 0 aliphatic rings. The summed E-state index contributed by atoms with van der Waals surface area (Å²) < 4.78 is 5.70. The zero-order valence-electron chi connectivity index (χ0n) is 12.7. The number of carbonyl (C=O) groups excluding carboxylic acids is 1. The minimum Gasteiger partial charge on any atom is -0.440 e. The molecule has 1 N–H and O–H groups in total. The predicted octanol–water partition coefficient (Wildman–Crippen LogP) is 2.67. The Morgan fingerprint density at radius 1 is 1.52 bits per heavy atom. The van der Waals surface area contributed by atoms with Gasteiger partial charge >= 0.3 is 0 Å². The highest BCUT2D eigenvalue weighted by atomic mass is 32.1. The van der Waals surface area contributed by atoms with Crippen molar-refractivity contribution < 1.29 is 9.21 Å². The van der Waals surface area contributed by atoms with Crippen molar-refractivity contribution in [2.75, 3.05) is 20.1 Å². The van der Waals surface area contributed by atoms with Crippen LogP contribution >= 0.6 is 11.3 Å². The van der Waals surface area contributed by atoms with E-state index in [2.05, 4.69) is 10.3 Å². The Labute approximate surface area is 129 Å². The molecule has 0 saturated heterocycles. The van der Waals surface area contributed by atoms with Crippen molar-refractivity contribution >= 4 is 17.2 Å². The second-order valence-electron chi connectivity index (χ2n) is 5.02. The van der Waals surface area contributed by atoms with Crippen LogP contribution in [0.4, 0.5) is 0 Å². The summed E-state index contributed by atoms with van der Waals surface area (Å²) in [5, 5.41) is 4.87. The molecule has 21 heavy (non-hydrogen) atoms. The molecule has 6 heteroatoms. The van der Waals surface area contributed by atoms with Crippen molar-refractivity contribution in [2.45, 2.75) is 26.8 Å². The largest absolute Gasteiger partial charge is 0.440 e. The van der Waals surface area contributed by atoms with Crippen LogP contribution in [0.15, 0.2) is 21.9 Å². The first-order valence-corrected chi connectivity index (χ1v) is 7.93. The molecule has 0 fully saturated rings. The van der Waals surface area contributed by atoms with Crippen molar-refractivity contribution in [3.63, 3.8) is 0 Å². The molecule has 1 amide bonds. The average molecular weight is 307 g/mol. The maximum Gasteiger partial charge on any atom is 0.236 e. The van der Waals surface area contributed by atoms with Gasteiger partial charge in [-0.3, -0.25) is 9.69 Å². The van der Waals surface area contributed by atoms with Gasteiger partial charge in [0.1, 0.15) is 5.76 Å². The van der Waals surface area contributed by atoms with E-state index in [1.807, 2.05) is 43.3 Å². The quantitative estimate of drug-likeness (QED) is 0.854. The van der Waals surface area contributed by atoms with Crippen molar-refractivity contribution in [2.24, 2.45) is 0 Å². The first-order chi connectivity index (χ1) is 10.1. The van der Waals surface area contributed by atoms with Crippen molar-refractivity contribution in [3.05, 3.63) is 29.0 Å². The second kappa shape index (κ2) is 7.38. The topological polar surface area (TPSA) is 58.4 Å². The molecular formula is C15H21N3O2S. The van der Waals surface area contributed by atoms with E-state index in [0.29, 0.717) is 19.0 Å². The molecule has 0 radical (unpaired) electrons. The van der Waals surface area contributed by atoms with E-state index in [4.69, 9.17) is 4.42 Å². The van der Waals surface area contributed by atoms with Crippen LogP contribution in [0.25, 0.3) is 10.8 Å². The Hall–Kier alpha value is -1.66. The highest BCUT2D eigenvalue weighted by molar-refractivity contribution is 7.13. The fourth-order valence-corrected chi connectivity index (χ4v) is 2.61. The number of thiophene rings is 1. The maximum absolute atomic E-state index is 11.7. The molecule has 0 atom stereocenters. The number of aromatic nitrogens is 1. The first kappa shape index (κ1) is 15.7. The zero-order valence-corrected chi connectivity index (χ0v) is 13.5. The average Bonchev–Trinajstić information content (AvgIpc) is 3.07. The van der Waals surface area contributed by atoms with E-state index in [-0.39, 0.29) is 5.91 Å². The van der Waals surface area contributed by atoms with Gasteiger partial charge in [-0.25, -0.2) is 4.98 Å². The van der Waals surface area contributed by atoms with Crippen LogP contribution in [0.3, 0.4) is 0 Å². The number of rotatable bonds is 7. The third-order valence-corrected chi connectivity index (χ3v) is 3.89. The summed E-state index contributed by atoms with van der Waals surface area (Å²) in [6, 6.07) is 3.96. The smallest absolute Gasteiger partial charge is 0.236 e. The van der Waals surface area contributed by atoms with Crippen molar-refractivity contribution in [3.8, 4) is 10.8 Å². The predicted molar refractivity (Wildman–Crippen MR) is 84.2 cm³/mol. The fourth-order valence-electron chi connectivity index (χ4n) is 1.96. The number of hydrogen-bond donors (Lipinski definition) is 1. The molecular weight excluding hydrogens is 286 g/mol. The highest BCUT2D eigenvalue weighted by Crippen LogP contribution is 2.26. The van der Waals surface area contributed by atoms with Gasteiger partial charge in [0.2, 0.25) is 11.8 Å². The van der Waals surface area contributed by atoms with Gasteiger partial charge in [0, 0.05) is 13.1 Å². The lowest BCUT2D eigenvalue weighted by Crippen LogP contribution is -2.35. The number of amides is 1. The number of oxazole rings is 1. The summed E-state index contributed by atoms with van der Waals surface area (Å²) in [5.74, 6) is 1.50. The van der Waals surface area contributed by atoms with Gasteiger partial charge in [0.25, 0.3) is 0 Å². The Kier molecular flexibility index (Phi) is 5.52. The number of likely N-dealkylation sites (N-methyl/N-ethyl adjacent to an activating group) is 1. The van der Waals surface area contributed by atoms with Crippen LogP contribution in [0.1, 0.15) is 24.8 Å². The van der Waals surface area contributed by atoms with Crippen LogP contribution in [0.2, 0.25) is 0 Å². The third kappa shape index (κ3) is 4.41. The number of aryl methyl sites for hydroxylation is 1. The lowest BCUT2D eigenvalue weighted by molar-refractivity contribution is -0.122. The first-order valence-electron chi connectivity index (χ1n) is 7.05. The van der Waals surface area contributed by atoms with Crippen LogP contribution < -0.4 is 5.32 Å². The van der Waals surface area contributed by atoms with E-state index in [1.165, 1.54) is 0 Å². The van der Waals surface area contributed by atoms with E-state index in [1.54, 1.807) is 11.3 Å². The van der Waals surface area contributed by atoms with E-state index < -0.39 is 0 Å². The molecule has 2 heterocycles. The Bertz CT molecular complexity index is 578. The number of carbonyl (C=O) groups is 1. The highest BCUT2D eigenvalue weighted by Gasteiger charge is 2.15. The molecule has 0 aromatic carbocycles. The second-order valence-corrected chi connectivity index (χ2v) is 5.97. The lowest BCUT2D eigenvalue weighted by atomic mass is 10.3. The van der Waals surface area contributed by atoms with Gasteiger partial charge in [-0.15, -0.1) is 11.3 Å². The van der Waals surface area contributed by atoms with Gasteiger partial charge in [-0.05, 0) is 31.8 Å². The molecule has 0 aliphatic carbocycles. The van der Waals surface area contributed by atoms with Gasteiger partial charge < -0.3 is 9.73 Å². The Balaban J connectivity index is 1.95. The number of hydrogen-bond acceptors (Lipinski definition) is 5. The molecule has 0 spiro atoms. The zero-order chi connectivity index (χ0) is 15.2. The molecule has 2 rings (SSSR count). The lowest BCUT2D eigenvalue weighted by Gasteiger charge is -2.14. The van der Waals surface area contributed by atoms with Gasteiger partial charge in [0.05, 0.1) is 17.1 Å². The standard InChI is InChI=1S/C15H21N3O2S/c1-4-7-16-14(19)10-18(3)9-12-11(2)20-15(17-12)13-6-5-8-21-13/h5-6,8H,4,7,9-10H2,1-3H3,(H,16,19). The van der Waals surface area contributed by atoms with Crippen LogP contribution in [0.5, 0.6) is 0 Å². The monoisotopic (exact) mass is 307 g/mol. The van der Waals surface area contributed by atoms with Gasteiger partial charge in [-0.2, -0.15) is 0 Å². The molecule has 5 nitrogen and oxygen atoms in total. The SMILES string of the molecule is CCCNC(=O)CN(C)Cc1nc(-c2cccs2)oc1C. The summed E-state index contributed by atoms with van der Waals surface area (Å²) in [4.78, 5) is 19.2. The summed E-state index contributed by atoms with van der Waals surface area (Å²) in [5.41, 5.74) is 0.879.